The van der Waals surface area contributed by atoms with Crippen LogP contribution in [0.15, 0.2) is 30.5 Å². The highest BCUT2D eigenvalue weighted by molar-refractivity contribution is 5.97. The summed E-state index contributed by atoms with van der Waals surface area (Å²) >= 11 is 0. The standard InChI is InChI=1S/C19H27N3O/c1-3-5-6-12-22-16-8-7-11-20-18(16)19(15-17(22)23)9-13-21(4-2)14-10-19/h5-8,11H,3-4,9-10,12-15H2,1-2H3/b6-5-. The largest absolute Gasteiger partial charge is 0.307 e. The highest BCUT2D eigenvalue weighted by Gasteiger charge is 2.45. The van der Waals surface area contributed by atoms with Crippen LogP contribution >= 0.6 is 0 Å². The molecule has 4 heteroatoms. The summed E-state index contributed by atoms with van der Waals surface area (Å²) in [5.41, 5.74) is 2.11. The maximum absolute atomic E-state index is 12.8. The molecule has 3 rings (SSSR count). The molecule has 1 aromatic heterocycles. The molecule has 0 aromatic carbocycles. The van der Waals surface area contributed by atoms with Gasteiger partial charge in [-0.15, -0.1) is 0 Å². The third kappa shape index (κ3) is 3.05. The maximum atomic E-state index is 12.8. The van der Waals surface area contributed by atoms with Crippen molar-refractivity contribution in [3.8, 4) is 0 Å². The number of hydrogen-bond donors (Lipinski definition) is 0. The number of likely N-dealkylation sites (tertiary alicyclic amines) is 1. The average molecular weight is 313 g/mol. The van der Waals surface area contributed by atoms with Gasteiger partial charge in [0.1, 0.15) is 0 Å². The predicted octanol–water partition coefficient (Wildman–Crippen LogP) is 3.14. The summed E-state index contributed by atoms with van der Waals surface area (Å²) in [4.78, 5) is 21.9. The molecule has 1 aromatic rings. The van der Waals surface area contributed by atoms with Crippen LogP contribution in [0.5, 0.6) is 0 Å². The quantitative estimate of drug-likeness (QED) is 0.801. The van der Waals surface area contributed by atoms with Crippen molar-refractivity contribution in [2.45, 2.75) is 44.9 Å². The van der Waals surface area contributed by atoms with Gasteiger partial charge in [0, 0.05) is 24.6 Å². The Hall–Kier alpha value is -1.68. The minimum atomic E-state index is -0.0513. The number of fused-ring (bicyclic) bond motifs is 2. The van der Waals surface area contributed by atoms with E-state index in [1.54, 1.807) is 0 Å². The van der Waals surface area contributed by atoms with Gasteiger partial charge in [-0.05, 0) is 51.0 Å². The van der Waals surface area contributed by atoms with Crippen LogP contribution in [0.1, 0.15) is 45.2 Å². The van der Waals surface area contributed by atoms with Crippen molar-refractivity contribution in [3.63, 3.8) is 0 Å². The smallest absolute Gasteiger partial charge is 0.228 e. The van der Waals surface area contributed by atoms with Crippen LogP contribution < -0.4 is 4.90 Å². The van der Waals surface area contributed by atoms with Gasteiger partial charge in [0.05, 0.1) is 11.4 Å². The zero-order valence-electron chi connectivity index (χ0n) is 14.3. The molecule has 0 N–H and O–H groups in total. The zero-order valence-corrected chi connectivity index (χ0v) is 14.3. The second kappa shape index (κ2) is 6.83. The Labute approximate surface area is 139 Å². The molecule has 1 saturated heterocycles. The lowest BCUT2D eigenvalue weighted by atomic mass is 9.70. The summed E-state index contributed by atoms with van der Waals surface area (Å²) in [6.45, 7) is 8.19. The third-order valence-electron chi connectivity index (χ3n) is 5.32. The number of nitrogens with zero attached hydrogens (tertiary/aromatic N) is 3. The average Bonchev–Trinajstić information content (AvgIpc) is 2.59. The summed E-state index contributed by atoms with van der Waals surface area (Å²) in [7, 11) is 0. The predicted molar refractivity (Wildman–Crippen MR) is 93.7 cm³/mol. The Balaban J connectivity index is 1.91. The lowest BCUT2D eigenvalue weighted by Gasteiger charge is -2.46. The van der Waals surface area contributed by atoms with Gasteiger partial charge in [0.25, 0.3) is 0 Å². The molecule has 0 unspecified atom stereocenters. The molecule has 3 heterocycles. The second-order valence-electron chi connectivity index (χ2n) is 6.65. The first-order valence-electron chi connectivity index (χ1n) is 8.83. The number of allylic oxidation sites excluding steroid dienone is 1. The van der Waals surface area contributed by atoms with E-state index in [2.05, 4.69) is 37.0 Å². The minimum absolute atomic E-state index is 0.0513. The van der Waals surface area contributed by atoms with Crippen molar-refractivity contribution in [1.29, 1.82) is 0 Å². The van der Waals surface area contributed by atoms with Crippen LogP contribution in [0.25, 0.3) is 0 Å². The fourth-order valence-corrected chi connectivity index (χ4v) is 3.88. The van der Waals surface area contributed by atoms with Gasteiger partial charge < -0.3 is 9.80 Å². The van der Waals surface area contributed by atoms with E-state index in [0.717, 1.165) is 50.3 Å². The van der Waals surface area contributed by atoms with Crippen LogP contribution in [-0.4, -0.2) is 42.0 Å². The van der Waals surface area contributed by atoms with Gasteiger partial charge in [-0.2, -0.15) is 0 Å². The number of amides is 1. The Morgan fingerprint density at radius 3 is 2.74 bits per heavy atom. The number of pyridine rings is 1. The minimum Gasteiger partial charge on any atom is -0.307 e. The molecule has 124 valence electrons. The molecule has 0 atom stereocenters. The molecule has 23 heavy (non-hydrogen) atoms. The number of piperidine rings is 1. The van der Waals surface area contributed by atoms with Gasteiger partial charge in [-0.1, -0.05) is 26.0 Å². The number of anilines is 1. The van der Waals surface area contributed by atoms with Crippen molar-refractivity contribution in [2.75, 3.05) is 31.1 Å². The van der Waals surface area contributed by atoms with E-state index in [1.807, 2.05) is 17.2 Å². The van der Waals surface area contributed by atoms with E-state index in [-0.39, 0.29) is 11.3 Å². The summed E-state index contributed by atoms with van der Waals surface area (Å²) < 4.78 is 0. The Morgan fingerprint density at radius 1 is 1.26 bits per heavy atom. The normalized spacial score (nSPS) is 21.1. The van der Waals surface area contributed by atoms with Crippen molar-refractivity contribution >= 4 is 11.6 Å². The Kier molecular flexibility index (Phi) is 4.81. The monoisotopic (exact) mass is 313 g/mol. The van der Waals surface area contributed by atoms with Crippen molar-refractivity contribution in [3.05, 3.63) is 36.2 Å². The first-order valence-corrected chi connectivity index (χ1v) is 8.83. The molecule has 1 amide bonds. The molecule has 1 spiro atoms. The number of aromatic nitrogens is 1. The first-order chi connectivity index (χ1) is 11.2. The third-order valence-corrected chi connectivity index (χ3v) is 5.32. The topological polar surface area (TPSA) is 36.4 Å². The molecule has 0 bridgehead atoms. The SMILES string of the molecule is CC/C=C\CN1C(=O)CC2(CCN(CC)CC2)c2ncccc21. The molecular formula is C19H27N3O. The number of carbonyl (C=O) groups is 1. The molecule has 4 nitrogen and oxygen atoms in total. The van der Waals surface area contributed by atoms with Gasteiger partial charge >= 0.3 is 0 Å². The summed E-state index contributed by atoms with van der Waals surface area (Å²) in [6.07, 6.45) is 9.76. The van der Waals surface area contributed by atoms with Gasteiger partial charge in [0.15, 0.2) is 0 Å². The highest BCUT2D eigenvalue weighted by atomic mass is 16.2. The number of hydrogen-bond acceptors (Lipinski definition) is 3. The zero-order chi connectivity index (χ0) is 16.3. The van der Waals surface area contributed by atoms with E-state index in [0.29, 0.717) is 13.0 Å². The van der Waals surface area contributed by atoms with Crippen molar-refractivity contribution < 1.29 is 4.79 Å². The van der Waals surface area contributed by atoms with E-state index in [1.165, 1.54) is 0 Å². The van der Waals surface area contributed by atoms with Gasteiger partial charge in [-0.25, -0.2) is 0 Å². The molecule has 2 aliphatic rings. The first kappa shape index (κ1) is 16.2. The van der Waals surface area contributed by atoms with Crippen LogP contribution in [-0.2, 0) is 10.2 Å². The summed E-state index contributed by atoms with van der Waals surface area (Å²) in [6, 6.07) is 4.01. The van der Waals surface area contributed by atoms with Gasteiger partial charge in [0.2, 0.25) is 5.91 Å². The number of rotatable bonds is 4. The van der Waals surface area contributed by atoms with Crippen molar-refractivity contribution in [2.24, 2.45) is 0 Å². The summed E-state index contributed by atoms with van der Waals surface area (Å²) in [5, 5.41) is 0. The number of carbonyl (C=O) groups excluding carboxylic acids is 1. The lowest BCUT2D eigenvalue weighted by Crippen LogP contribution is -2.50. The lowest BCUT2D eigenvalue weighted by molar-refractivity contribution is -0.120. The van der Waals surface area contributed by atoms with E-state index < -0.39 is 0 Å². The maximum Gasteiger partial charge on any atom is 0.228 e. The van der Waals surface area contributed by atoms with Gasteiger partial charge in [-0.3, -0.25) is 9.78 Å². The van der Waals surface area contributed by atoms with E-state index in [4.69, 9.17) is 4.98 Å². The fraction of sp³-hybridized carbons (Fsp3) is 0.579. The molecule has 2 aliphatic heterocycles. The Bertz CT molecular complexity index is 588. The molecule has 0 radical (unpaired) electrons. The van der Waals surface area contributed by atoms with Crippen LogP contribution in [0.2, 0.25) is 0 Å². The van der Waals surface area contributed by atoms with Crippen LogP contribution in [0, 0.1) is 0 Å². The van der Waals surface area contributed by atoms with Crippen LogP contribution in [0.4, 0.5) is 5.69 Å². The highest BCUT2D eigenvalue weighted by Crippen LogP contribution is 2.45. The molecule has 0 saturated carbocycles. The molecule has 0 aliphatic carbocycles. The van der Waals surface area contributed by atoms with Crippen molar-refractivity contribution in [1.82, 2.24) is 9.88 Å². The van der Waals surface area contributed by atoms with E-state index >= 15 is 0 Å². The second-order valence-corrected chi connectivity index (χ2v) is 6.65. The fourth-order valence-electron chi connectivity index (χ4n) is 3.88. The summed E-state index contributed by atoms with van der Waals surface area (Å²) in [5.74, 6) is 0.246. The molecular weight excluding hydrogens is 286 g/mol. The van der Waals surface area contributed by atoms with Crippen LogP contribution in [0.3, 0.4) is 0 Å². The van der Waals surface area contributed by atoms with E-state index in [9.17, 15) is 4.79 Å². The molecule has 1 fully saturated rings. The Morgan fingerprint density at radius 2 is 2.04 bits per heavy atom.